The average Bonchev–Trinajstić information content (AvgIpc) is 2.36. The van der Waals surface area contributed by atoms with Crippen molar-refractivity contribution in [1.82, 2.24) is 0 Å². The van der Waals surface area contributed by atoms with Gasteiger partial charge in [-0.25, -0.2) is 0 Å². The van der Waals surface area contributed by atoms with Gasteiger partial charge < -0.3 is 9.84 Å². The number of halogens is 2. The van der Waals surface area contributed by atoms with E-state index in [-0.39, 0.29) is 0 Å². The Morgan fingerprint density at radius 2 is 1.79 bits per heavy atom. The summed E-state index contributed by atoms with van der Waals surface area (Å²) < 4.78 is 7.71. The van der Waals surface area contributed by atoms with Crippen LogP contribution in [0.2, 0.25) is 0 Å². The maximum atomic E-state index is 9.53. The number of aliphatic hydroxyl groups is 1. The zero-order chi connectivity index (χ0) is 14.0. The van der Waals surface area contributed by atoms with E-state index >= 15 is 0 Å². The Kier molecular flexibility index (Phi) is 4.66. The number of rotatable bonds is 3. The maximum absolute atomic E-state index is 9.53. The first-order valence-corrected chi connectivity index (χ1v) is 7.47. The molecule has 0 spiro atoms. The van der Waals surface area contributed by atoms with Crippen molar-refractivity contribution in [3.63, 3.8) is 0 Å². The summed E-state index contributed by atoms with van der Waals surface area (Å²) in [6.07, 6.45) is -0.486. The lowest BCUT2D eigenvalue weighted by molar-refractivity contribution is 0.199. The lowest BCUT2D eigenvalue weighted by Crippen LogP contribution is -1.92. The number of benzene rings is 2. The molecule has 0 aromatic heterocycles. The van der Waals surface area contributed by atoms with Crippen LogP contribution in [-0.4, -0.2) is 5.11 Å². The fourth-order valence-electron chi connectivity index (χ4n) is 1.67. The first-order chi connectivity index (χ1) is 8.97. The molecule has 0 aliphatic heterocycles. The molecule has 0 amide bonds. The predicted molar refractivity (Wildman–Crippen MR) is 83.7 cm³/mol. The fraction of sp³-hybridized carbons (Fsp3) is 0.200. The van der Waals surface area contributed by atoms with Crippen molar-refractivity contribution >= 4 is 31.9 Å². The number of aryl methyl sites for hydroxylation is 1. The summed E-state index contributed by atoms with van der Waals surface area (Å²) in [5.41, 5.74) is 1.97. The topological polar surface area (TPSA) is 29.5 Å². The van der Waals surface area contributed by atoms with Gasteiger partial charge in [-0.3, -0.25) is 0 Å². The van der Waals surface area contributed by atoms with Gasteiger partial charge in [0.2, 0.25) is 0 Å². The zero-order valence-electron chi connectivity index (χ0n) is 10.7. The van der Waals surface area contributed by atoms with E-state index in [9.17, 15) is 5.11 Å². The van der Waals surface area contributed by atoms with Crippen molar-refractivity contribution in [2.24, 2.45) is 0 Å². The van der Waals surface area contributed by atoms with E-state index in [0.29, 0.717) is 0 Å². The van der Waals surface area contributed by atoms with E-state index in [1.165, 1.54) is 0 Å². The molecule has 2 aromatic rings. The standard InChI is InChI=1S/C15H14Br2O2/c1-9-7-12(4-5-13(9)16)19-15-6-3-11(10(2)18)8-14(15)17/h3-8,10,18H,1-2H3/t10-/m0/s1. The second-order valence-electron chi connectivity index (χ2n) is 4.38. The van der Waals surface area contributed by atoms with Crippen molar-refractivity contribution in [3.05, 3.63) is 56.5 Å². The molecule has 4 heteroatoms. The van der Waals surface area contributed by atoms with E-state index in [4.69, 9.17) is 4.74 Å². The van der Waals surface area contributed by atoms with Crippen LogP contribution in [0.1, 0.15) is 24.2 Å². The quantitative estimate of drug-likeness (QED) is 0.769. The molecular weight excluding hydrogens is 372 g/mol. The van der Waals surface area contributed by atoms with Crippen molar-refractivity contribution in [1.29, 1.82) is 0 Å². The van der Waals surface area contributed by atoms with Crippen LogP contribution in [0, 0.1) is 6.92 Å². The van der Waals surface area contributed by atoms with Crippen molar-refractivity contribution < 1.29 is 9.84 Å². The zero-order valence-corrected chi connectivity index (χ0v) is 13.8. The molecule has 0 saturated heterocycles. The summed E-state index contributed by atoms with van der Waals surface area (Å²) in [5, 5.41) is 9.53. The summed E-state index contributed by atoms with van der Waals surface area (Å²) in [7, 11) is 0. The van der Waals surface area contributed by atoms with Crippen LogP contribution >= 0.6 is 31.9 Å². The SMILES string of the molecule is Cc1cc(Oc2ccc([C@H](C)O)cc2Br)ccc1Br. The first kappa shape index (κ1) is 14.6. The summed E-state index contributed by atoms with van der Waals surface area (Å²) >= 11 is 6.92. The first-order valence-electron chi connectivity index (χ1n) is 5.89. The molecule has 2 rings (SSSR count). The minimum atomic E-state index is -0.486. The number of hydrogen-bond acceptors (Lipinski definition) is 2. The third-order valence-corrected chi connectivity index (χ3v) is 4.31. The van der Waals surface area contributed by atoms with Gasteiger partial charge in [0.15, 0.2) is 0 Å². The minimum absolute atomic E-state index is 0.486. The molecule has 2 aromatic carbocycles. The summed E-state index contributed by atoms with van der Waals surface area (Å²) in [4.78, 5) is 0. The van der Waals surface area contributed by atoms with E-state index in [1.807, 2.05) is 43.3 Å². The molecule has 0 unspecified atom stereocenters. The molecule has 0 heterocycles. The third kappa shape index (κ3) is 3.59. The second-order valence-corrected chi connectivity index (χ2v) is 6.09. The van der Waals surface area contributed by atoms with Crippen molar-refractivity contribution in [2.75, 3.05) is 0 Å². The molecule has 0 aliphatic rings. The molecule has 0 aliphatic carbocycles. The molecule has 100 valence electrons. The highest BCUT2D eigenvalue weighted by atomic mass is 79.9. The van der Waals surface area contributed by atoms with Gasteiger partial charge in [0.05, 0.1) is 10.6 Å². The number of aliphatic hydroxyl groups excluding tert-OH is 1. The smallest absolute Gasteiger partial charge is 0.141 e. The molecule has 0 saturated carbocycles. The Labute approximate surface area is 129 Å². The van der Waals surface area contributed by atoms with E-state index < -0.39 is 6.10 Å². The largest absolute Gasteiger partial charge is 0.456 e. The van der Waals surface area contributed by atoms with Gasteiger partial charge in [0, 0.05) is 4.47 Å². The van der Waals surface area contributed by atoms with Crippen LogP contribution in [0.5, 0.6) is 11.5 Å². The minimum Gasteiger partial charge on any atom is -0.456 e. The monoisotopic (exact) mass is 384 g/mol. The average molecular weight is 386 g/mol. The van der Waals surface area contributed by atoms with Crippen LogP contribution in [0.15, 0.2) is 45.3 Å². The molecule has 1 N–H and O–H groups in total. The Morgan fingerprint density at radius 3 is 2.37 bits per heavy atom. The summed E-state index contributed by atoms with van der Waals surface area (Å²) in [6.45, 7) is 3.75. The Bertz CT molecular complexity index is 595. The van der Waals surface area contributed by atoms with Gasteiger partial charge in [-0.2, -0.15) is 0 Å². The normalized spacial score (nSPS) is 12.3. The maximum Gasteiger partial charge on any atom is 0.141 e. The molecule has 2 nitrogen and oxygen atoms in total. The molecule has 19 heavy (non-hydrogen) atoms. The van der Waals surface area contributed by atoms with Crippen LogP contribution in [0.3, 0.4) is 0 Å². The Balaban J connectivity index is 2.25. The van der Waals surface area contributed by atoms with Gasteiger partial charge >= 0.3 is 0 Å². The molecule has 1 atom stereocenters. The fourth-order valence-corrected chi connectivity index (χ4v) is 2.39. The number of ether oxygens (including phenoxy) is 1. The van der Waals surface area contributed by atoms with Gasteiger partial charge in [0.1, 0.15) is 11.5 Å². The van der Waals surface area contributed by atoms with Crippen LogP contribution in [0.4, 0.5) is 0 Å². The van der Waals surface area contributed by atoms with Crippen molar-refractivity contribution in [2.45, 2.75) is 20.0 Å². The van der Waals surface area contributed by atoms with Gasteiger partial charge in [-0.05, 0) is 71.2 Å². The summed E-state index contributed by atoms with van der Waals surface area (Å²) in [5.74, 6) is 1.51. The van der Waals surface area contributed by atoms with Gasteiger partial charge in [0.25, 0.3) is 0 Å². The van der Waals surface area contributed by atoms with E-state index in [1.54, 1.807) is 6.92 Å². The van der Waals surface area contributed by atoms with E-state index in [2.05, 4.69) is 31.9 Å². The highest BCUT2D eigenvalue weighted by molar-refractivity contribution is 9.10. The van der Waals surface area contributed by atoms with Crippen LogP contribution in [0.25, 0.3) is 0 Å². The Hall–Kier alpha value is -0.840. The summed E-state index contributed by atoms with van der Waals surface area (Å²) in [6, 6.07) is 11.4. The molecule has 0 radical (unpaired) electrons. The van der Waals surface area contributed by atoms with Crippen LogP contribution in [-0.2, 0) is 0 Å². The van der Waals surface area contributed by atoms with Crippen LogP contribution < -0.4 is 4.74 Å². The highest BCUT2D eigenvalue weighted by Gasteiger charge is 2.07. The molecule has 0 bridgehead atoms. The van der Waals surface area contributed by atoms with Crippen molar-refractivity contribution in [3.8, 4) is 11.5 Å². The lowest BCUT2D eigenvalue weighted by Gasteiger charge is -2.11. The third-order valence-electron chi connectivity index (χ3n) is 2.80. The van der Waals surface area contributed by atoms with Gasteiger partial charge in [-0.15, -0.1) is 0 Å². The van der Waals surface area contributed by atoms with Gasteiger partial charge in [-0.1, -0.05) is 22.0 Å². The second kappa shape index (κ2) is 6.07. The molecular formula is C15H14Br2O2. The molecule has 0 fully saturated rings. The van der Waals surface area contributed by atoms with E-state index in [0.717, 1.165) is 31.6 Å². The number of hydrogen-bond donors (Lipinski definition) is 1. The highest BCUT2D eigenvalue weighted by Crippen LogP contribution is 2.33. The predicted octanol–water partition coefficient (Wildman–Crippen LogP) is 5.37. The Morgan fingerprint density at radius 1 is 1.05 bits per heavy atom. The lowest BCUT2D eigenvalue weighted by atomic mass is 10.1.